The number of amides is 1. The average Bonchev–Trinajstić information content (AvgIpc) is 2.44. The zero-order valence-corrected chi connectivity index (χ0v) is 13.1. The Morgan fingerprint density at radius 1 is 1.42 bits per heavy atom. The predicted octanol–water partition coefficient (Wildman–Crippen LogP) is 2.33. The van der Waals surface area contributed by atoms with Crippen molar-refractivity contribution in [2.24, 2.45) is 10.9 Å². The van der Waals surface area contributed by atoms with E-state index in [1.54, 1.807) is 12.1 Å². The molecule has 0 aliphatic heterocycles. The van der Waals surface area contributed by atoms with Gasteiger partial charge in [0.05, 0.1) is 5.56 Å². The normalized spacial score (nSPS) is 12.3. The summed E-state index contributed by atoms with van der Waals surface area (Å²) in [6.45, 7) is 3.77. The number of carbonyl (C=O) groups is 1. The summed E-state index contributed by atoms with van der Waals surface area (Å²) in [4.78, 5) is 12.3. The zero-order valence-electron chi connectivity index (χ0n) is 11.0. The highest BCUT2D eigenvalue weighted by atomic mass is 127. The molecule has 19 heavy (non-hydrogen) atoms. The molecule has 1 aromatic carbocycles. The van der Waals surface area contributed by atoms with E-state index in [1.807, 2.05) is 26.0 Å². The zero-order chi connectivity index (χ0) is 14.5. The molecule has 0 saturated carbocycles. The molecule has 0 aliphatic carbocycles. The molecule has 1 rings (SSSR count). The first kappa shape index (κ1) is 15.7. The van der Waals surface area contributed by atoms with E-state index >= 15 is 0 Å². The van der Waals surface area contributed by atoms with Crippen LogP contribution in [-0.4, -0.2) is 22.5 Å². The number of halogens is 1. The lowest BCUT2D eigenvalue weighted by Crippen LogP contribution is -2.57. The summed E-state index contributed by atoms with van der Waals surface area (Å²) >= 11 is 2.11. The van der Waals surface area contributed by atoms with Crippen molar-refractivity contribution in [1.82, 2.24) is 5.32 Å². The number of hydrogen-bond donors (Lipinski definition) is 3. The number of amidine groups is 1. The second-order valence-corrected chi connectivity index (χ2v) is 5.37. The van der Waals surface area contributed by atoms with Gasteiger partial charge >= 0.3 is 0 Å². The van der Waals surface area contributed by atoms with Gasteiger partial charge < -0.3 is 16.3 Å². The first-order chi connectivity index (χ1) is 9.00. The maximum atomic E-state index is 12.3. The van der Waals surface area contributed by atoms with Crippen LogP contribution in [0.25, 0.3) is 0 Å². The molecule has 4 N–H and O–H groups in total. The van der Waals surface area contributed by atoms with Crippen molar-refractivity contribution in [3.63, 3.8) is 0 Å². The number of rotatable bonds is 5. The van der Waals surface area contributed by atoms with Gasteiger partial charge in [-0.1, -0.05) is 31.1 Å². The topological polar surface area (TPSA) is 87.7 Å². The molecule has 0 atom stereocenters. The quantitative estimate of drug-likeness (QED) is 0.243. The van der Waals surface area contributed by atoms with Crippen LogP contribution in [0.5, 0.6) is 0 Å². The summed E-state index contributed by atoms with van der Waals surface area (Å²) < 4.78 is 0.859. The summed E-state index contributed by atoms with van der Waals surface area (Å²) in [6, 6.07) is 7.28. The molecular weight excluding hydrogens is 357 g/mol. The van der Waals surface area contributed by atoms with Crippen LogP contribution in [0.15, 0.2) is 29.4 Å². The van der Waals surface area contributed by atoms with Crippen LogP contribution < -0.4 is 11.1 Å². The third kappa shape index (κ3) is 3.37. The van der Waals surface area contributed by atoms with Crippen molar-refractivity contribution >= 4 is 34.3 Å². The number of nitrogens with two attached hydrogens (primary N) is 1. The van der Waals surface area contributed by atoms with E-state index < -0.39 is 5.54 Å². The maximum Gasteiger partial charge on any atom is 0.253 e. The summed E-state index contributed by atoms with van der Waals surface area (Å²) in [7, 11) is 0. The highest BCUT2D eigenvalue weighted by Gasteiger charge is 2.33. The molecule has 0 spiro atoms. The van der Waals surface area contributed by atoms with Gasteiger partial charge in [-0.25, -0.2) is 0 Å². The van der Waals surface area contributed by atoms with Gasteiger partial charge in [0.2, 0.25) is 0 Å². The highest BCUT2D eigenvalue weighted by molar-refractivity contribution is 14.1. The van der Waals surface area contributed by atoms with Crippen molar-refractivity contribution in [2.45, 2.75) is 32.2 Å². The molecule has 0 heterocycles. The third-order valence-corrected chi connectivity index (χ3v) is 4.22. The minimum Gasteiger partial charge on any atom is -0.409 e. The number of nitrogens with one attached hydrogen (secondary N) is 1. The Bertz CT molecular complexity index is 485. The molecule has 1 aromatic rings. The Morgan fingerprint density at radius 3 is 2.47 bits per heavy atom. The molecule has 1 amide bonds. The van der Waals surface area contributed by atoms with Gasteiger partial charge in [-0.3, -0.25) is 4.79 Å². The van der Waals surface area contributed by atoms with Crippen molar-refractivity contribution < 1.29 is 10.0 Å². The Hall–Kier alpha value is -1.31. The first-order valence-electron chi connectivity index (χ1n) is 6.05. The SMILES string of the molecule is CCC(CC)(NC(=O)c1ccccc1I)/C(N)=N/O. The summed E-state index contributed by atoms with van der Waals surface area (Å²) in [5.74, 6) is -0.197. The minimum atomic E-state index is -0.815. The molecular formula is C13H18IN3O2. The molecule has 0 bridgehead atoms. The highest BCUT2D eigenvalue weighted by Crippen LogP contribution is 2.18. The van der Waals surface area contributed by atoms with Crippen LogP contribution in [0.2, 0.25) is 0 Å². The lowest BCUT2D eigenvalue weighted by molar-refractivity contribution is 0.0917. The molecule has 0 unspecified atom stereocenters. The molecule has 0 saturated heterocycles. The van der Waals surface area contributed by atoms with Gasteiger partial charge in [-0.05, 0) is 47.6 Å². The van der Waals surface area contributed by atoms with Crippen LogP contribution in [-0.2, 0) is 0 Å². The minimum absolute atomic E-state index is 0.0248. The number of carbonyl (C=O) groups excluding carboxylic acids is 1. The first-order valence-corrected chi connectivity index (χ1v) is 7.13. The van der Waals surface area contributed by atoms with Crippen LogP contribution in [0.4, 0.5) is 0 Å². The smallest absolute Gasteiger partial charge is 0.253 e. The second-order valence-electron chi connectivity index (χ2n) is 4.21. The number of benzene rings is 1. The van der Waals surface area contributed by atoms with Crippen molar-refractivity contribution in [3.8, 4) is 0 Å². The standard InChI is InChI=1S/C13H18IN3O2/c1-3-13(4-2,12(15)17-19)16-11(18)9-7-5-6-8-10(9)14/h5-8,19H,3-4H2,1-2H3,(H2,15,17)(H,16,18). The van der Waals surface area contributed by atoms with E-state index in [2.05, 4.69) is 33.1 Å². The van der Waals surface area contributed by atoms with E-state index in [9.17, 15) is 4.79 Å². The van der Waals surface area contributed by atoms with E-state index in [-0.39, 0.29) is 11.7 Å². The largest absolute Gasteiger partial charge is 0.409 e. The van der Waals surface area contributed by atoms with Crippen molar-refractivity contribution in [1.29, 1.82) is 0 Å². The lowest BCUT2D eigenvalue weighted by atomic mass is 9.91. The predicted molar refractivity (Wildman–Crippen MR) is 83.3 cm³/mol. The van der Waals surface area contributed by atoms with Crippen molar-refractivity contribution in [2.75, 3.05) is 0 Å². The van der Waals surface area contributed by atoms with Gasteiger partial charge in [0.15, 0.2) is 5.84 Å². The molecule has 0 aromatic heterocycles. The number of hydrogen-bond acceptors (Lipinski definition) is 3. The Kier molecular flexibility index (Phi) is 5.59. The van der Waals surface area contributed by atoms with Crippen molar-refractivity contribution in [3.05, 3.63) is 33.4 Å². The van der Waals surface area contributed by atoms with Gasteiger partial charge in [-0.15, -0.1) is 0 Å². The van der Waals surface area contributed by atoms with Gasteiger partial charge in [0.25, 0.3) is 5.91 Å². The summed E-state index contributed by atoms with van der Waals surface area (Å²) in [5, 5.41) is 14.8. The van der Waals surface area contributed by atoms with E-state index in [1.165, 1.54) is 0 Å². The number of nitrogens with zero attached hydrogens (tertiary/aromatic N) is 1. The Morgan fingerprint density at radius 2 is 2.00 bits per heavy atom. The van der Waals surface area contributed by atoms with Crippen LogP contribution in [0, 0.1) is 3.57 Å². The van der Waals surface area contributed by atoms with Gasteiger partial charge in [0.1, 0.15) is 5.54 Å². The van der Waals surface area contributed by atoms with E-state index in [0.717, 1.165) is 3.57 Å². The number of oxime groups is 1. The third-order valence-electron chi connectivity index (χ3n) is 3.28. The lowest BCUT2D eigenvalue weighted by Gasteiger charge is -2.31. The summed E-state index contributed by atoms with van der Waals surface area (Å²) in [5.41, 5.74) is 5.49. The second kappa shape index (κ2) is 6.74. The van der Waals surface area contributed by atoms with Crippen LogP contribution >= 0.6 is 22.6 Å². The Labute approximate surface area is 126 Å². The molecule has 6 heteroatoms. The van der Waals surface area contributed by atoms with Crippen LogP contribution in [0.3, 0.4) is 0 Å². The molecule has 0 aliphatic rings. The monoisotopic (exact) mass is 375 g/mol. The van der Waals surface area contributed by atoms with Gasteiger partial charge in [-0.2, -0.15) is 0 Å². The molecule has 0 fully saturated rings. The average molecular weight is 375 g/mol. The maximum absolute atomic E-state index is 12.3. The fourth-order valence-electron chi connectivity index (χ4n) is 1.88. The fraction of sp³-hybridized carbons (Fsp3) is 0.385. The fourth-order valence-corrected chi connectivity index (χ4v) is 2.51. The molecule has 104 valence electrons. The Balaban J connectivity index is 3.05. The summed E-state index contributed by atoms with van der Waals surface area (Å²) in [6.07, 6.45) is 1.10. The van der Waals surface area contributed by atoms with Crippen LogP contribution in [0.1, 0.15) is 37.0 Å². The molecule has 0 radical (unpaired) electrons. The van der Waals surface area contributed by atoms with E-state index in [0.29, 0.717) is 18.4 Å². The van der Waals surface area contributed by atoms with E-state index in [4.69, 9.17) is 10.9 Å². The molecule has 5 nitrogen and oxygen atoms in total. The van der Waals surface area contributed by atoms with Gasteiger partial charge in [0, 0.05) is 3.57 Å².